The largest absolute Gasteiger partial charge is 0.494 e. The summed E-state index contributed by atoms with van der Waals surface area (Å²) in [6.07, 6.45) is 1.97. The van der Waals surface area contributed by atoms with Gasteiger partial charge in [0.1, 0.15) is 5.75 Å². The van der Waals surface area contributed by atoms with Crippen LogP contribution in [0.2, 0.25) is 0 Å². The molecule has 0 aliphatic carbocycles. The minimum atomic E-state index is -0.0811. The molecule has 0 fully saturated rings. The summed E-state index contributed by atoms with van der Waals surface area (Å²) in [7, 11) is 0. The Morgan fingerprint density at radius 3 is 2.41 bits per heavy atom. The number of rotatable bonds is 9. The van der Waals surface area contributed by atoms with Gasteiger partial charge < -0.3 is 15.4 Å². The van der Waals surface area contributed by atoms with Crippen molar-refractivity contribution in [1.29, 1.82) is 0 Å². The Balaban J connectivity index is 1.40. The van der Waals surface area contributed by atoms with E-state index < -0.39 is 0 Å². The molecule has 0 aliphatic rings. The zero-order valence-corrected chi connectivity index (χ0v) is 17.1. The van der Waals surface area contributed by atoms with Gasteiger partial charge in [-0.05, 0) is 73.7 Å². The van der Waals surface area contributed by atoms with E-state index in [4.69, 9.17) is 4.74 Å². The quantitative estimate of drug-likeness (QED) is 0.485. The van der Waals surface area contributed by atoms with Crippen LogP contribution in [0.1, 0.15) is 23.1 Å². The number of nitrogens with one attached hydrogen (secondary N) is 2. The first kappa shape index (κ1) is 20.5. The highest BCUT2D eigenvalue weighted by Gasteiger charge is 2.05. The summed E-state index contributed by atoms with van der Waals surface area (Å²) in [5.41, 5.74) is 5.43. The maximum atomic E-state index is 12.2. The van der Waals surface area contributed by atoms with Crippen LogP contribution in [0.3, 0.4) is 0 Å². The number of anilines is 2. The molecule has 0 heterocycles. The van der Waals surface area contributed by atoms with Crippen LogP contribution in [0.5, 0.6) is 5.75 Å². The molecule has 0 bridgehead atoms. The summed E-state index contributed by atoms with van der Waals surface area (Å²) in [6, 6.07) is 23.9. The van der Waals surface area contributed by atoms with Crippen LogP contribution in [-0.4, -0.2) is 19.1 Å². The predicted molar refractivity (Wildman–Crippen MR) is 120 cm³/mol. The van der Waals surface area contributed by atoms with Gasteiger partial charge in [-0.25, -0.2) is 0 Å². The molecule has 0 unspecified atom stereocenters. The smallest absolute Gasteiger partial charge is 0.243 e. The number of amides is 1. The molecule has 4 heteroatoms. The highest BCUT2D eigenvalue weighted by molar-refractivity contribution is 5.93. The predicted octanol–water partition coefficient (Wildman–Crippen LogP) is 5.37. The molecule has 3 rings (SSSR count). The highest BCUT2D eigenvalue weighted by atomic mass is 16.5. The van der Waals surface area contributed by atoms with Crippen molar-refractivity contribution in [3.05, 3.63) is 89.5 Å². The van der Waals surface area contributed by atoms with Gasteiger partial charge in [0.2, 0.25) is 5.91 Å². The molecule has 150 valence electrons. The number of aryl methyl sites for hydroxylation is 2. The van der Waals surface area contributed by atoms with Gasteiger partial charge >= 0.3 is 0 Å². The van der Waals surface area contributed by atoms with E-state index in [1.165, 1.54) is 11.1 Å². The van der Waals surface area contributed by atoms with Gasteiger partial charge in [-0.1, -0.05) is 42.5 Å². The maximum Gasteiger partial charge on any atom is 0.243 e. The fourth-order valence-corrected chi connectivity index (χ4v) is 3.07. The average molecular weight is 389 g/mol. The Bertz CT molecular complexity index is 921. The summed E-state index contributed by atoms with van der Waals surface area (Å²) < 4.78 is 5.79. The Hall–Kier alpha value is -3.27. The number of hydrogen-bond donors (Lipinski definition) is 2. The van der Waals surface area contributed by atoms with E-state index in [0.717, 1.165) is 35.5 Å². The average Bonchev–Trinajstić information content (AvgIpc) is 2.74. The summed E-state index contributed by atoms with van der Waals surface area (Å²) in [5, 5.41) is 6.10. The van der Waals surface area contributed by atoms with Gasteiger partial charge in [0.25, 0.3) is 0 Å². The summed E-state index contributed by atoms with van der Waals surface area (Å²) >= 11 is 0. The SMILES string of the molecule is Cc1cccc(NCC(=O)Nc2ccc(OCCCc3ccccc3)cc2)c1C. The molecule has 0 saturated carbocycles. The molecule has 4 nitrogen and oxygen atoms in total. The van der Waals surface area contributed by atoms with Crippen LogP contribution < -0.4 is 15.4 Å². The zero-order valence-electron chi connectivity index (χ0n) is 17.1. The van der Waals surface area contributed by atoms with Gasteiger partial charge in [-0.15, -0.1) is 0 Å². The number of carbonyl (C=O) groups is 1. The minimum Gasteiger partial charge on any atom is -0.494 e. The minimum absolute atomic E-state index is 0.0811. The number of hydrogen-bond acceptors (Lipinski definition) is 3. The van der Waals surface area contributed by atoms with E-state index in [2.05, 4.69) is 47.9 Å². The molecule has 3 aromatic rings. The van der Waals surface area contributed by atoms with Gasteiger partial charge in [0.15, 0.2) is 0 Å². The second-order valence-corrected chi connectivity index (χ2v) is 7.11. The van der Waals surface area contributed by atoms with Crippen molar-refractivity contribution < 1.29 is 9.53 Å². The lowest BCUT2D eigenvalue weighted by Gasteiger charge is -2.12. The molecule has 0 radical (unpaired) electrons. The van der Waals surface area contributed by atoms with Crippen molar-refractivity contribution in [2.24, 2.45) is 0 Å². The summed E-state index contributed by atoms with van der Waals surface area (Å²) in [6.45, 7) is 5.00. The van der Waals surface area contributed by atoms with Crippen LogP contribution in [0, 0.1) is 13.8 Å². The molecular weight excluding hydrogens is 360 g/mol. The normalized spacial score (nSPS) is 10.4. The lowest BCUT2D eigenvalue weighted by atomic mass is 10.1. The molecule has 1 amide bonds. The third kappa shape index (κ3) is 6.39. The molecular formula is C25H28N2O2. The van der Waals surface area contributed by atoms with E-state index in [1.54, 1.807) is 0 Å². The summed E-state index contributed by atoms with van der Waals surface area (Å²) in [4.78, 5) is 12.2. The number of ether oxygens (including phenoxy) is 1. The van der Waals surface area contributed by atoms with Crippen LogP contribution in [0.15, 0.2) is 72.8 Å². The molecule has 29 heavy (non-hydrogen) atoms. The third-order valence-corrected chi connectivity index (χ3v) is 4.90. The monoisotopic (exact) mass is 388 g/mol. The molecule has 3 aromatic carbocycles. The van der Waals surface area contributed by atoms with Gasteiger partial charge in [-0.2, -0.15) is 0 Å². The van der Waals surface area contributed by atoms with Crippen LogP contribution in [0.25, 0.3) is 0 Å². The topological polar surface area (TPSA) is 50.4 Å². The Morgan fingerprint density at radius 1 is 0.897 bits per heavy atom. The Morgan fingerprint density at radius 2 is 1.66 bits per heavy atom. The fraction of sp³-hybridized carbons (Fsp3) is 0.240. The second kappa shape index (κ2) is 10.3. The van der Waals surface area contributed by atoms with Crippen LogP contribution in [0.4, 0.5) is 11.4 Å². The molecule has 0 aromatic heterocycles. The number of benzene rings is 3. The summed E-state index contributed by atoms with van der Waals surface area (Å²) in [5.74, 6) is 0.729. The molecule has 0 spiro atoms. The lowest BCUT2D eigenvalue weighted by molar-refractivity contribution is -0.114. The molecule has 0 saturated heterocycles. The van der Waals surface area contributed by atoms with Crippen molar-refractivity contribution in [1.82, 2.24) is 0 Å². The maximum absolute atomic E-state index is 12.2. The third-order valence-electron chi connectivity index (χ3n) is 4.90. The first-order valence-electron chi connectivity index (χ1n) is 9.98. The van der Waals surface area contributed by atoms with E-state index in [-0.39, 0.29) is 12.5 Å². The molecule has 0 aliphatic heterocycles. The first-order chi connectivity index (χ1) is 14.1. The van der Waals surface area contributed by atoms with E-state index in [0.29, 0.717) is 6.61 Å². The Labute approximate surface area is 172 Å². The van der Waals surface area contributed by atoms with Crippen molar-refractivity contribution in [2.75, 3.05) is 23.8 Å². The second-order valence-electron chi connectivity index (χ2n) is 7.11. The van der Waals surface area contributed by atoms with Crippen molar-refractivity contribution in [3.63, 3.8) is 0 Å². The Kier molecular flexibility index (Phi) is 7.28. The lowest BCUT2D eigenvalue weighted by Crippen LogP contribution is -2.22. The van der Waals surface area contributed by atoms with Gasteiger partial charge in [-0.3, -0.25) is 4.79 Å². The molecule has 0 atom stereocenters. The van der Waals surface area contributed by atoms with E-state index >= 15 is 0 Å². The van der Waals surface area contributed by atoms with Crippen molar-refractivity contribution >= 4 is 17.3 Å². The van der Waals surface area contributed by atoms with Crippen molar-refractivity contribution in [2.45, 2.75) is 26.7 Å². The van der Waals surface area contributed by atoms with E-state index in [1.807, 2.05) is 49.4 Å². The van der Waals surface area contributed by atoms with E-state index in [9.17, 15) is 4.79 Å². The van der Waals surface area contributed by atoms with Crippen molar-refractivity contribution in [3.8, 4) is 5.75 Å². The van der Waals surface area contributed by atoms with Gasteiger partial charge in [0.05, 0.1) is 13.2 Å². The van der Waals surface area contributed by atoms with Crippen LogP contribution in [-0.2, 0) is 11.2 Å². The fourth-order valence-electron chi connectivity index (χ4n) is 3.07. The van der Waals surface area contributed by atoms with Gasteiger partial charge in [0, 0.05) is 11.4 Å². The highest BCUT2D eigenvalue weighted by Crippen LogP contribution is 2.18. The number of carbonyl (C=O) groups excluding carboxylic acids is 1. The standard InChI is InChI=1S/C25H28N2O2/c1-19-8-6-12-24(20(19)2)26-18-25(28)27-22-13-15-23(16-14-22)29-17-7-11-21-9-4-3-5-10-21/h3-6,8-10,12-16,26H,7,11,17-18H2,1-2H3,(H,27,28). The molecule has 2 N–H and O–H groups in total. The van der Waals surface area contributed by atoms with Crippen LogP contribution >= 0.6 is 0 Å². The first-order valence-corrected chi connectivity index (χ1v) is 9.98. The zero-order chi connectivity index (χ0) is 20.5.